The lowest BCUT2D eigenvalue weighted by Gasteiger charge is -2.08. The van der Waals surface area contributed by atoms with Crippen LogP contribution in [0.1, 0.15) is 20.3 Å². The summed E-state index contributed by atoms with van der Waals surface area (Å²) in [6.07, 6.45) is 0.967. The number of ether oxygens (including phenoxy) is 1. The summed E-state index contributed by atoms with van der Waals surface area (Å²) < 4.78 is 5.36. The van der Waals surface area contributed by atoms with Gasteiger partial charge in [-0.15, -0.1) is 0 Å². The molecule has 0 aliphatic carbocycles. The average molecular weight is 300 g/mol. The quantitative estimate of drug-likeness (QED) is 0.363. The lowest BCUT2D eigenvalue weighted by Crippen LogP contribution is -2.27. The predicted molar refractivity (Wildman–Crippen MR) is 78.7 cm³/mol. The first-order valence-corrected chi connectivity index (χ1v) is 7.34. The number of hydrogen-bond donors (Lipinski definition) is 3. The maximum absolute atomic E-state index is 11.6. The third kappa shape index (κ3) is 7.15. The predicted octanol–water partition coefficient (Wildman–Crippen LogP) is 0.376. The second-order valence-corrected chi connectivity index (χ2v) is 5.35. The van der Waals surface area contributed by atoms with Gasteiger partial charge in [0.25, 0.3) is 5.56 Å². The number of nitrogens with one attached hydrogen (secondary N) is 2. The Labute approximate surface area is 121 Å². The van der Waals surface area contributed by atoms with E-state index in [0.29, 0.717) is 18.3 Å². The summed E-state index contributed by atoms with van der Waals surface area (Å²) in [6.45, 7) is 5.12. The molecule has 8 heteroatoms. The Morgan fingerprint density at radius 3 is 3.00 bits per heavy atom. The van der Waals surface area contributed by atoms with E-state index in [2.05, 4.69) is 15.3 Å². The smallest absolute Gasteiger partial charge is 0.253 e. The van der Waals surface area contributed by atoms with Crippen molar-refractivity contribution in [3.63, 3.8) is 0 Å². The molecule has 20 heavy (non-hydrogen) atoms. The van der Waals surface area contributed by atoms with Crippen molar-refractivity contribution in [2.75, 3.05) is 24.6 Å². The van der Waals surface area contributed by atoms with Crippen LogP contribution in [-0.4, -0.2) is 40.9 Å². The molecule has 1 rings (SSSR count). The fourth-order valence-corrected chi connectivity index (χ4v) is 2.04. The summed E-state index contributed by atoms with van der Waals surface area (Å²) in [5.41, 5.74) is 5.12. The summed E-state index contributed by atoms with van der Waals surface area (Å²) in [5, 5.41) is 3.11. The number of nitrogens with two attached hydrogens (primary N) is 1. The van der Waals surface area contributed by atoms with Gasteiger partial charge in [0.05, 0.1) is 11.9 Å². The summed E-state index contributed by atoms with van der Waals surface area (Å²) in [5.74, 6) is 0.198. The number of amides is 1. The van der Waals surface area contributed by atoms with Crippen LogP contribution < -0.4 is 16.6 Å². The molecule has 1 heterocycles. The van der Waals surface area contributed by atoms with Gasteiger partial charge in [0.15, 0.2) is 5.16 Å². The Kier molecular flexibility index (Phi) is 7.10. The molecule has 0 saturated carbocycles. The van der Waals surface area contributed by atoms with Crippen LogP contribution in [0.25, 0.3) is 0 Å². The Bertz CT molecular complexity index is 490. The van der Waals surface area contributed by atoms with E-state index in [1.54, 1.807) is 0 Å². The van der Waals surface area contributed by atoms with Gasteiger partial charge in [-0.1, -0.05) is 11.8 Å². The molecule has 112 valence electrons. The van der Waals surface area contributed by atoms with E-state index in [1.165, 1.54) is 6.07 Å². The molecule has 0 radical (unpaired) electrons. The number of rotatable bonds is 8. The van der Waals surface area contributed by atoms with Gasteiger partial charge < -0.3 is 20.8 Å². The molecule has 1 aromatic heterocycles. The molecule has 1 amide bonds. The van der Waals surface area contributed by atoms with Gasteiger partial charge in [-0.3, -0.25) is 9.59 Å². The Morgan fingerprint density at radius 1 is 1.60 bits per heavy atom. The van der Waals surface area contributed by atoms with Crippen LogP contribution in [0, 0.1) is 0 Å². The van der Waals surface area contributed by atoms with E-state index in [1.807, 2.05) is 13.8 Å². The van der Waals surface area contributed by atoms with Crippen LogP contribution in [0.15, 0.2) is 16.0 Å². The number of aromatic nitrogens is 2. The zero-order valence-electron chi connectivity index (χ0n) is 11.6. The minimum absolute atomic E-state index is 0.121. The normalized spacial score (nSPS) is 10.8. The van der Waals surface area contributed by atoms with Crippen molar-refractivity contribution in [3.8, 4) is 0 Å². The van der Waals surface area contributed by atoms with Gasteiger partial charge in [-0.05, 0) is 20.3 Å². The van der Waals surface area contributed by atoms with Crippen molar-refractivity contribution in [1.82, 2.24) is 15.3 Å². The molecule has 0 spiro atoms. The molecule has 0 unspecified atom stereocenters. The number of carbonyl (C=O) groups excluding carboxylic acids is 1. The van der Waals surface area contributed by atoms with Crippen LogP contribution in [0.3, 0.4) is 0 Å². The third-order valence-corrected chi connectivity index (χ3v) is 3.05. The monoisotopic (exact) mass is 300 g/mol. The summed E-state index contributed by atoms with van der Waals surface area (Å²) in [4.78, 5) is 29.1. The molecule has 0 atom stereocenters. The van der Waals surface area contributed by atoms with Gasteiger partial charge in [-0.2, -0.15) is 0 Å². The maximum atomic E-state index is 11.6. The number of anilines is 1. The van der Waals surface area contributed by atoms with Crippen molar-refractivity contribution >= 4 is 23.5 Å². The number of nitrogen functional groups attached to an aromatic ring is 1. The van der Waals surface area contributed by atoms with Gasteiger partial charge in [0, 0.05) is 19.2 Å². The largest absolute Gasteiger partial charge is 0.383 e. The van der Waals surface area contributed by atoms with Crippen molar-refractivity contribution in [2.24, 2.45) is 0 Å². The maximum Gasteiger partial charge on any atom is 0.253 e. The second-order valence-electron chi connectivity index (χ2n) is 4.39. The van der Waals surface area contributed by atoms with Crippen molar-refractivity contribution in [2.45, 2.75) is 31.5 Å². The molecule has 0 saturated heterocycles. The minimum Gasteiger partial charge on any atom is -0.383 e. The molecule has 0 fully saturated rings. The average Bonchev–Trinajstić information content (AvgIpc) is 2.34. The van der Waals surface area contributed by atoms with Crippen LogP contribution in [0.4, 0.5) is 5.82 Å². The van der Waals surface area contributed by atoms with E-state index >= 15 is 0 Å². The molecule has 0 aromatic carbocycles. The molecule has 4 N–H and O–H groups in total. The van der Waals surface area contributed by atoms with Crippen molar-refractivity contribution in [1.29, 1.82) is 0 Å². The fraction of sp³-hybridized carbons (Fsp3) is 0.583. The van der Waals surface area contributed by atoms with Gasteiger partial charge >= 0.3 is 0 Å². The molecule has 7 nitrogen and oxygen atoms in total. The van der Waals surface area contributed by atoms with Crippen LogP contribution >= 0.6 is 11.8 Å². The molecular formula is C12H20N4O3S. The zero-order valence-corrected chi connectivity index (χ0v) is 12.5. The number of carbonyl (C=O) groups is 1. The molecular weight excluding hydrogens is 280 g/mol. The summed E-state index contributed by atoms with van der Waals surface area (Å²) >= 11 is 1.14. The number of nitrogens with zero attached hydrogens (tertiary/aromatic N) is 1. The van der Waals surface area contributed by atoms with Gasteiger partial charge in [0.2, 0.25) is 5.91 Å². The van der Waals surface area contributed by atoms with Crippen molar-refractivity contribution < 1.29 is 9.53 Å². The Hall–Kier alpha value is -1.54. The van der Waals surface area contributed by atoms with Gasteiger partial charge in [0.1, 0.15) is 5.82 Å². The van der Waals surface area contributed by atoms with Crippen LogP contribution in [0.5, 0.6) is 0 Å². The Balaban J connectivity index is 2.21. The summed E-state index contributed by atoms with van der Waals surface area (Å²) in [7, 11) is 0. The molecule has 1 aromatic rings. The lowest BCUT2D eigenvalue weighted by atomic mass is 10.4. The van der Waals surface area contributed by atoms with E-state index < -0.39 is 0 Å². The first-order chi connectivity index (χ1) is 9.47. The third-order valence-electron chi connectivity index (χ3n) is 2.17. The standard InChI is InChI=1S/C12H20N4O3S/c1-8(2)19-5-3-4-14-11(18)7-20-12-15-9(13)6-10(17)16-12/h6,8H,3-5,7H2,1-2H3,(H,14,18)(H3,13,15,16,17). The zero-order chi connectivity index (χ0) is 15.0. The highest BCUT2D eigenvalue weighted by molar-refractivity contribution is 7.99. The number of thioether (sulfide) groups is 1. The highest BCUT2D eigenvalue weighted by Gasteiger charge is 2.05. The minimum atomic E-state index is -0.328. The van der Waals surface area contributed by atoms with Gasteiger partial charge in [-0.25, -0.2) is 4.98 Å². The van der Waals surface area contributed by atoms with Crippen LogP contribution in [-0.2, 0) is 9.53 Å². The van der Waals surface area contributed by atoms with E-state index in [9.17, 15) is 9.59 Å². The highest BCUT2D eigenvalue weighted by Crippen LogP contribution is 2.10. The molecule has 0 bridgehead atoms. The number of aromatic amines is 1. The summed E-state index contributed by atoms with van der Waals surface area (Å²) in [6, 6.07) is 1.19. The second kappa shape index (κ2) is 8.60. The molecule has 0 aliphatic rings. The van der Waals surface area contributed by atoms with E-state index in [4.69, 9.17) is 10.5 Å². The Morgan fingerprint density at radius 2 is 2.35 bits per heavy atom. The van der Waals surface area contributed by atoms with Crippen molar-refractivity contribution in [3.05, 3.63) is 16.4 Å². The number of hydrogen-bond acceptors (Lipinski definition) is 6. The molecule has 0 aliphatic heterocycles. The lowest BCUT2D eigenvalue weighted by molar-refractivity contribution is -0.118. The van der Waals surface area contributed by atoms with Crippen LogP contribution in [0.2, 0.25) is 0 Å². The first-order valence-electron chi connectivity index (χ1n) is 6.35. The highest BCUT2D eigenvalue weighted by atomic mass is 32.2. The van der Waals surface area contributed by atoms with E-state index in [0.717, 1.165) is 18.2 Å². The SMILES string of the molecule is CC(C)OCCCNC(=O)CSc1nc(N)cc(=O)[nH]1. The topological polar surface area (TPSA) is 110 Å². The fourth-order valence-electron chi connectivity index (χ4n) is 1.33. The first kappa shape index (κ1) is 16.5. The number of H-pyrrole nitrogens is 1. The van der Waals surface area contributed by atoms with E-state index in [-0.39, 0.29) is 29.1 Å².